The van der Waals surface area contributed by atoms with Crippen LogP contribution in [0.25, 0.3) is 0 Å². The maximum atomic E-state index is 12.3. The van der Waals surface area contributed by atoms with E-state index in [9.17, 15) is 39.5 Å². The summed E-state index contributed by atoms with van der Waals surface area (Å²) in [6.45, 7) is 0. The largest absolute Gasteiger partial charge is 0.422 e. The van der Waals surface area contributed by atoms with Crippen molar-refractivity contribution in [2.75, 3.05) is 0 Å². The van der Waals surface area contributed by atoms with Crippen LogP contribution in [0.1, 0.15) is 0 Å². The Balaban J connectivity index is 5.93. The summed E-state index contributed by atoms with van der Waals surface area (Å²) >= 11 is 0.111. The highest BCUT2D eigenvalue weighted by Crippen LogP contribution is 2.44. The Morgan fingerprint density at radius 2 is 1.12 bits per heavy atom. The fourth-order valence-corrected chi connectivity index (χ4v) is 1.12. The summed E-state index contributed by atoms with van der Waals surface area (Å²) in [6.07, 6.45) is -14.9. The van der Waals surface area contributed by atoms with Gasteiger partial charge in [0.1, 0.15) is 9.15 Å². The third kappa shape index (κ3) is 3.87. The van der Waals surface area contributed by atoms with Gasteiger partial charge in [-0.3, -0.25) is 0 Å². The summed E-state index contributed by atoms with van der Waals surface area (Å²) < 4.78 is 104. The highest BCUT2D eigenvalue weighted by molar-refractivity contribution is 14.1. The normalized spacial score (nSPS) is 14.6. The van der Waals surface area contributed by atoms with Gasteiger partial charge in [0.05, 0.1) is 0 Å². The van der Waals surface area contributed by atoms with E-state index in [1.54, 1.807) is 0 Å². The molecule has 0 radical (unpaired) electrons. The average molecular weight is 370 g/mol. The molecule has 0 saturated carbocycles. The molecule has 0 nitrogen and oxygen atoms in total. The van der Waals surface area contributed by atoms with E-state index < -0.39 is 33.4 Å². The number of hydrogen-bond donors (Lipinski definition) is 0. The second kappa shape index (κ2) is 4.84. The van der Waals surface area contributed by atoms with Crippen molar-refractivity contribution < 1.29 is 39.5 Å². The van der Waals surface area contributed by atoms with Crippen LogP contribution in [0.15, 0.2) is 21.1 Å². The maximum Gasteiger partial charge on any atom is 0.422 e. The summed E-state index contributed by atoms with van der Waals surface area (Å²) in [7, 11) is 0. The summed E-state index contributed by atoms with van der Waals surface area (Å²) in [5.74, 6) is -3.23. The second-order valence-electron chi connectivity index (χ2n) is 2.26. The molecule has 0 atom stereocenters. The van der Waals surface area contributed by atoms with E-state index in [1.165, 1.54) is 0 Å². The molecule has 0 bridgehead atoms. The first-order chi connectivity index (χ1) is 6.89. The van der Waals surface area contributed by atoms with Crippen molar-refractivity contribution in [2.24, 2.45) is 0 Å². The Bertz CT molecular complexity index is 327. The molecule has 0 aromatic carbocycles. The first-order valence-electron chi connectivity index (χ1n) is 3.14. The van der Waals surface area contributed by atoms with Crippen LogP contribution in [0.4, 0.5) is 39.5 Å². The minimum atomic E-state index is -5.86. The van der Waals surface area contributed by atoms with Gasteiger partial charge < -0.3 is 0 Å². The fourth-order valence-electron chi connectivity index (χ4n) is 0.581. The Kier molecular flexibility index (Phi) is 4.71. The second-order valence-corrected chi connectivity index (χ2v) is 3.34. The number of alkyl halides is 6. The lowest BCUT2D eigenvalue weighted by Crippen LogP contribution is -2.20. The van der Waals surface area contributed by atoms with Gasteiger partial charge in [0.15, 0.2) is 0 Å². The Labute approximate surface area is 95.9 Å². The van der Waals surface area contributed by atoms with Gasteiger partial charge in [-0.15, -0.1) is 0 Å². The number of rotatable bonds is 1. The van der Waals surface area contributed by atoms with E-state index in [2.05, 4.69) is 0 Å². The van der Waals surface area contributed by atoms with Gasteiger partial charge in [0, 0.05) is 0 Å². The van der Waals surface area contributed by atoms with E-state index in [1.807, 2.05) is 0 Å². The topological polar surface area (TPSA) is 0 Å². The molecule has 0 unspecified atom stereocenters. The van der Waals surface area contributed by atoms with E-state index in [0.717, 1.165) is 0 Å². The fraction of sp³-hybridized carbons (Fsp3) is 0.333. The van der Waals surface area contributed by atoms with Crippen molar-refractivity contribution in [3.63, 3.8) is 0 Å². The van der Waals surface area contributed by atoms with Crippen molar-refractivity contribution in [2.45, 2.75) is 12.4 Å². The molecule has 10 heteroatoms. The van der Waals surface area contributed by atoms with Crippen molar-refractivity contribution in [3.8, 4) is 0 Å². The van der Waals surface area contributed by atoms with Gasteiger partial charge in [-0.2, -0.15) is 35.1 Å². The molecule has 0 fully saturated rings. The molecule has 0 aliphatic rings. The summed E-state index contributed by atoms with van der Waals surface area (Å²) in [6, 6.07) is 0. The standard InChI is InChI=1S/C6F9I/c7-2(4(8)9)1(5(10,11)12)3(16)6(13,14)15/b3-1-. The molecule has 0 spiro atoms. The lowest BCUT2D eigenvalue weighted by Gasteiger charge is -2.14. The molecule has 0 N–H and O–H groups in total. The van der Waals surface area contributed by atoms with Crippen LogP contribution >= 0.6 is 22.6 Å². The predicted octanol–water partition coefficient (Wildman–Crippen LogP) is 4.88. The van der Waals surface area contributed by atoms with Crippen LogP contribution < -0.4 is 0 Å². The Morgan fingerprint density at radius 3 is 1.31 bits per heavy atom. The van der Waals surface area contributed by atoms with Crippen LogP contribution in [0.2, 0.25) is 0 Å². The molecule has 0 amide bonds. The smallest absolute Gasteiger partial charge is 0.200 e. The zero-order chi connectivity index (χ0) is 13.3. The van der Waals surface area contributed by atoms with Crippen LogP contribution in [-0.2, 0) is 0 Å². The minimum absolute atomic E-state index is 0.111. The van der Waals surface area contributed by atoms with Crippen LogP contribution in [0.3, 0.4) is 0 Å². The summed E-state index contributed by atoms with van der Waals surface area (Å²) in [5.41, 5.74) is -3.03. The van der Waals surface area contributed by atoms with Crippen molar-refractivity contribution >= 4 is 22.6 Å². The molecular weight excluding hydrogens is 370 g/mol. The highest BCUT2D eigenvalue weighted by Gasteiger charge is 2.47. The quantitative estimate of drug-likeness (QED) is 0.351. The van der Waals surface area contributed by atoms with Crippen molar-refractivity contribution in [3.05, 3.63) is 21.1 Å². The van der Waals surface area contributed by atoms with E-state index in [0.29, 0.717) is 0 Å². The van der Waals surface area contributed by atoms with Gasteiger partial charge in [-0.25, -0.2) is 4.39 Å². The van der Waals surface area contributed by atoms with E-state index in [4.69, 9.17) is 0 Å². The van der Waals surface area contributed by atoms with Crippen molar-refractivity contribution in [1.29, 1.82) is 0 Å². The monoisotopic (exact) mass is 370 g/mol. The van der Waals surface area contributed by atoms with Gasteiger partial charge in [0.2, 0.25) is 5.83 Å². The van der Waals surface area contributed by atoms with Gasteiger partial charge in [-0.05, 0) is 22.6 Å². The van der Waals surface area contributed by atoms with Crippen molar-refractivity contribution in [1.82, 2.24) is 0 Å². The van der Waals surface area contributed by atoms with Crippen LogP contribution in [0.5, 0.6) is 0 Å². The zero-order valence-electron chi connectivity index (χ0n) is 6.78. The molecule has 0 heterocycles. The number of halogens is 10. The van der Waals surface area contributed by atoms with Crippen LogP contribution in [0, 0.1) is 0 Å². The molecule has 0 aliphatic heterocycles. The molecule has 0 saturated heterocycles. The maximum absolute atomic E-state index is 12.3. The first kappa shape index (κ1) is 15.6. The van der Waals surface area contributed by atoms with Gasteiger partial charge in [-0.1, -0.05) is 0 Å². The Hall–Kier alpha value is -0.420. The average Bonchev–Trinajstić information content (AvgIpc) is 1.99. The molecule has 16 heavy (non-hydrogen) atoms. The highest BCUT2D eigenvalue weighted by atomic mass is 127. The van der Waals surface area contributed by atoms with E-state index >= 15 is 0 Å². The number of allylic oxidation sites excluding steroid dienone is 3. The first-order valence-corrected chi connectivity index (χ1v) is 4.22. The Morgan fingerprint density at radius 1 is 0.750 bits per heavy atom. The predicted molar refractivity (Wildman–Crippen MR) is 43.5 cm³/mol. The van der Waals surface area contributed by atoms with Gasteiger partial charge in [0.25, 0.3) is 0 Å². The molecule has 0 rings (SSSR count). The third-order valence-corrected chi connectivity index (χ3v) is 2.29. The van der Waals surface area contributed by atoms with Crippen LogP contribution in [-0.4, -0.2) is 12.4 Å². The molecule has 0 aliphatic carbocycles. The third-order valence-electron chi connectivity index (χ3n) is 1.14. The molecule has 94 valence electrons. The number of hydrogen-bond acceptors (Lipinski definition) is 0. The SMILES string of the molecule is FC(F)=C(F)/C(=C(/I)C(F)(F)F)C(F)(F)F. The minimum Gasteiger partial charge on any atom is -0.200 e. The zero-order valence-corrected chi connectivity index (χ0v) is 8.94. The molecule has 0 aromatic heterocycles. The lowest BCUT2D eigenvalue weighted by atomic mass is 10.2. The summed E-state index contributed by atoms with van der Waals surface area (Å²) in [4.78, 5) is 0. The molecular formula is C6F9I. The summed E-state index contributed by atoms with van der Waals surface area (Å²) in [5, 5.41) is 0. The lowest BCUT2D eigenvalue weighted by molar-refractivity contribution is -0.108. The molecule has 0 aromatic rings. The van der Waals surface area contributed by atoms with E-state index in [-0.39, 0.29) is 22.6 Å². The van der Waals surface area contributed by atoms with Gasteiger partial charge >= 0.3 is 18.4 Å².